The zero-order valence-corrected chi connectivity index (χ0v) is 32.6. The molecule has 0 saturated carbocycles. The molecule has 0 bridgehead atoms. The van der Waals surface area contributed by atoms with Crippen LogP contribution in [0.25, 0.3) is 0 Å². The van der Waals surface area contributed by atoms with Crippen molar-refractivity contribution in [3.8, 4) is 5.75 Å². The Morgan fingerprint density at radius 3 is 2.27 bits per heavy atom. The Balaban J connectivity index is 2.24. The molecule has 0 spiro atoms. The van der Waals surface area contributed by atoms with Gasteiger partial charge in [0.25, 0.3) is 0 Å². The molecule has 2 aromatic rings. The van der Waals surface area contributed by atoms with Gasteiger partial charge >= 0.3 is 28.4 Å². The van der Waals surface area contributed by atoms with Crippen molar-refractivity contribution in [1.82, 2.24) is 10.0 Å². The van der Waals surface area contributed by atoms with Gasteiger partial charge in [0, 0.05) is 0 Å². The van der Waals surface area contributed by atoms with E-state index in [1.807, 2.05) is 0 Å². The molecule has 3 rings (SSSR count). The number of nitrogens with one attached hydrogen (secondary N) is 2. The van der Waals surface area contributed by atoms with E-state index in [4.69, 9.17) is 23.4 Å². The van der Waals surface area contributed by atoms with Crippen molar-refractivity contribution in [3.63, 3.8) is 0 Å². The average molecular weight is 752 g/mol. The fourth-order valence-electron chi connectivity index (χ4n) is 4.97. The third kappa shape index (κ3) is 11.2. The molecule has 0 aliphatic heterocycles. The Morgan fingerprint density at radius 1 is 1.06 bits per heavy atom. The van der Waals surface area contributed by atoms with Crippen molar-refractivity contribution < 1.29 is 50.6 Å². The van der Waals surface area contributed by atoms with E-state index < -0.39 is 72.5 Å². The summed E-state index contributed by atoms with van der Waals surface area (Å²) in [6.07, 6.45) is -1.53. The largest absolute Gasteiger partial charge is 0.487 e. The van der Waals surface area contributed by atoms with Crippen LogP contribution in [0, 0.1) is 5.82 Å². The highest BCUT2D eigenvalue weighted by Gasteiger charge is 2.44. The smallest absolute Gasteiger partial charge is 0.422 e. The van der Waals surface area contributed by atoms with Crippen molar-refractivity contribution in [2.45, 2.75) is 96.9 Å². The minimum absolute atomic E-state index is 0.0486. The Labute approximate surface area is 301 Å². The molecule has 51 heavy (non-hydrogen) atoms. The molecule has 282 valence electrons. The van der Waals surface area contributed by atoms with Gasteiger partial charge in [0.2, 0.25) is 0 Å². The first-order valence-corrected chi connectivity index (χ1v) is 20.8. The highest BCUT2D eigenvalue weighted by atomic mass is 32.2. The van der Waals surface area contributed by atoms with Crippen LogP contribution in [0.3, 0.4) is 0 Å². The van der Waals surface area contributed by atoms with Crippen LogP contribution >= 0.6 is 0 Å². The van der Waals surface area contributed by atoms with E-state index in [-0.39, 0.29) is 42.4 Å². The molecule has 2 amide bonds. The Bertz CT molecular complexity index is 1690. The number of carbonyl (C=O) groups excluding carboxylic acids is 3. The molecule has 2 aromatic carbocycles. The van der Waals surface area contributed by atoms with Crippen molar-refractivity contribution >= 4 is 42.4 Å². The quantitative estimate of drug-likeness (QED) is 0.109. The maximum absolute atomic E-state index is 17.2. The Kier molecular flexibility index (Phi) is 13.3. The van der Waals surface area contributed by atoms with Crippen LogP contribution in [-0.4, -0.2) is 72.9 Å². The van der Waals surface area contributed by atoms with Crippen molar-refractivity contribution in [3.05, 3.63) is 71.6 Å². The summed E-state index contributed by atoms with van der Waals surface area (Å²) in [7, 11) is -6.45. The number of esters is 1. The van der Waals surface area contributed by atoms with Gasteiger partial charge in [-0.1, -0.05) is 63.8 Å². The lowest BCUT2D eigenvalue weighted by atomic mass is 9.85. The number of amides is 2. The monoisotopic (exact) mass is 751 g/mol. The van der Waals surface area contributed by atoms with Crippen LogP contribution in [-0.2, 0) is 53.1 Å². The highest BCUT2D eigenvalue weighted by molar-refractivity contribution is 7.91. The van der Waals surface area contributed by atoms with Gasteiger partial charge in [-0.2, -0.15) is 8.42 Å². The molecule has 0 fully saturated rings. The standard InChI is InChI=1S/C35H50FN3O10SSi/c1-11-17-46-33(42)38-50(43,44)39(21-29(40)45-8)31-28(47-22-23-15-13-12-14-16-23)19-24-18-27(49-51(9,10)35(5,6)7)26(20-25(24)30(31)36)37-32(41)48-34(2,3)4/h11-16,19,26-27H,1,17-18,20-22H2,2-10H3,(H,37,41)(H,38,42)/t26-,27-/m0/s1. The summed E-state index contributed by atoms with van der Waals surface area (Å²) in [5, 5.41) is 2.64. The van der Waals surface area contributed by atoms with Gasteiger partial charge in [0.05, 0.1) is 19.3 Å². The SMILES string of the molecule is C=CCOC(=O)NS(=O)(=O)N(CC(=O)OC)c1c(OCc2ccccc2)cc2c(c1F)C[C@H](NC(=O)OC(C)(C)C)[C@@H](O[Si](C)(C)C(C)(C)C)C2. The van der Waals surface area contributed by atoms with Crippen molar-refractivity contribution in [2.75, 3.05) is 24.6 Å². The van der Waals surface area contributed by atoms with Gasteiger partial charge in [0.1, 0.15) is 36.8 Å². The van der Waals surface area contributed by atoms with Crippen LogP contribution in [0.5, 0.6) is 5.75 Å². The number of anilines is 1. The van der Waals surface area contributed by atoms with E-state index in [0.29, 0.717) is 15.4 Å². The molecule has 13 nitrogen and oxygen atoms in total. The van der Waals surface area contributed by atoms with Crippen LogP contribution < -0.4 is 19.1 Å². The van der Waals surface area contributed by atoms with E-state index in [1.165, 1.54) is 12.1 Å². The van der Waals surface area contributed by atoms with E-state index in [0.717, 1.165) is 7.11 Å². The van der Waals surface area contributed by atoms with Gasteiger partial charge in [-0.05, 0) is 74.5 Å². The van der Waals surface area contributed by atoms with Gasteiger partial charge in [0.15, 0.2) is 14.1 Å². The zero-order valence-electron chi connectivity index (χ0n) is 30.8. The molecule has 0 radical (unpaired) electrons. The van der Waals surface area contributed by atoms with Gasteiger partial charge < -0.3 is 28.7 Å². The number of carbonyl (C=O) groups is 3. The third-order valence-electron chi connectivity index (χ3n) is 8.47. The Hall–Kier alpha value is -4.15. The van der Waals surface area contributed by atoms with Crippen molar-refractivity contribution in [1.29, 1.82) is 0 Å². The van der Waals surface area contributed by atoms with Gasteiger partial charge in [-0.25, -0.2) is 23.0 Å². The maximum Gasteiger partial charge on any atom is 0.422 e. The number of methoxy groups -OCH3 is 1. The first kappa shape index (κ1) is 41.3. The van der Waals surface area contributed by atoms with Crippen LogP contribution in [0.1, 0.15) is 58.2 Å². The highest BCUT2D eigenvalue weighted by Crippen LogP contribution is 2.43. The lowest BCUT2D eigenvalue weighted by Gasteiger charge is -2.43. The van der Waals surface area contributed by atoms with E-state index in [1.54, 1.807) is 55.8 Å². The number of ether oxygens (including phenoxy) is 4. The molecular weight excluding hydrogens is 702 g/mol. The predicted octanol–water partition coefficient (Wildman–Crippen LogP) is 5.92. The normalized spacial score (nSPS) is 16.3. The number of nitrogens with zero attached hydrogens (tertiary/aromatic N) is 1. The molecule has 2 N–H and O–H groups in total. The number of fused-ring (bicyclic) bond motifs is 1. The van der Waals surface area contributed by atoms with E-state index >= 15 is 4.39 Å². The molecule has 16 heteroatoms. The summed E-state index contributed by atoms with van der Waals surface area (Å²) < 4.78 is 74.6. The molecule has 0 aromatic heterocycles. The second-order valence-corrected chi connectivity index (χ2v) is 21.0. The molecule has 1 aliphatic carbocycles. The first-order chi connectivity index (χ1) is 23.6. The molecular formula is C35H50FN3O10SSi. The minimum atomic E-state index is -5.02. The van der Waals surface area contributed by atoms with Gasteiger partial charge in [-0.3, -0.25) is 4.79 Å². The lowest BCUT2D eigenvalue weighted by Crippen LogP contribution is -2.55. The summed E-state index contributed by atoms with van der Waals surface area (Å²) in [5.74, 6) is -2.34. The average Bonchev–Trinajstić information content (AvgIpc) is 3.01. The topological polar surface area (TPSA) is 159 Å². The second kappa shape index (κ2) is 16.5. The molecule has 0 heterocycles. The van der Waals surface area contributed by atoms with Crippen molar-refractivity contribution in [2.24, 2.45) is 0 Å². The summed E-state index contributed by atoms with van der Waals surface area (Å²) in [6, 6.07) is 9.60. The molecule has 0 saturated heterocycles. The number of alkyl carbamates (subject to hydrolysis) is 1. The number of hydrogen-bond donors (Lipinski definition) is 2. The van der Waals surface area contributed by atoms with Crippen LogP contribution in [0.15, 0.2) is 49.1 Å². The third-order valence-corrected chi connectivity index (χ3v) is 14.3. The fourth-order valence-corrected chi connectivity index (χ4v) is 7.39. The first-order valence-electron chi connectivity index (χ1n) is 16.4. The number of hydrogen-bond acceptors (Lipinski definition) is 10. The fraction of sp³-hybridized carbons (Fsp3) is 0.514. The Morgan fingerprint density at radius 2 is 1.71 bits per heavy atom. The zero-order chi connectivity index (χ0) is 38.4. The molecule has 2 atom stereocenters. The summed E-state index contributed by atoms with van der Waals surface area (Å²) in [6.45, 7) is 17.5. The molecule has 0 unspecified atom stereocenters. The summed E-state index contributed by atoms with van der Waals surface area (Å²) in [4.78, 5) is 38.1. The minimum Gasteiger partial charge on any atom is -0.487 e. The van der Waals surface area contributed by atoms with E-state index in [2.05, 4.69) is 45.8 Å². The van der Waals surface area contributed by atoms with E-state index in [9.17, 15) is 22.8 Å². The number of benzene rings is 2. The summed E-state index contributed by atoms with van der Waals surface area (Å²) in [5.41, 5.74) is -0.292. The lowest BCUT2D eigenvalue weighted by molar-refractivity contribution is -0.138. The summed E-state index contributed by atoms with van der Waals surface area (Å²) >= 11 is 0. The molecule has 1 aliphatic rings. The van der Waals surface area contributed by atoms with Crippen LogP contribution in [0.4, 0.5) is 19.7 Å². The van der Waals surface area contributed by atoms with Crippen LogP contribution in [0.2, 0.25) is 18.1 Å². The number of rotatable bonds is 13. The maximum atomic E-state index is 17.2. The predicted molar refractivity (Wildman–Crippen MR) is 193 cm³/mol. The van der Waals surface area contributed by atoms with Gasteiger partial charge in [-0.15, -0.1) is 0 Å². The second-order valence-electron chi connectivity index (χ2n) is 14.6. The number of halogens is 1.